The second-order valence-electron chi connectivity index (χ2n) is 1.42. The summed E-state index contributed by atoms with van der Waals surface area (Å²) in [5.74, 6) is -0.0214. The fourth-order valence-corrected chi connectivity index (χ4v) is 0.302. The minimum absolute atomic E-state index is 0.0214. The maximum Gasteiger partial charge on any atom is 0.177 e. The highest BCUT2D eigenvalue weighted by molar-refractivity contribution is 5.98. The molecule has 0 saturated heterocycles. The summed E-state index contributed by atoms with van der Waals surface area (Å²) in [5.41, 5.74) is 0. The van der Waals surface area contributed by atoms with Crippen molar-refractivity contribution in [2.75, 3.05) is 0 Å². The maximum absolute atomic E-state index is 10.4. The molecule has 0 aromatic rings. The molecular weight excluding hydrogens is 100 g/mol. The van der Waals surface area contributed by atoms with Crippen LogP contribution in [0.25, 0.3) is 0 Å². The van der Waals surface area contributed by atoms with Gasteiger partial charge in [-0.15, -0.1) is 0 Å². The molecule has 0 saturated carbocycles. The highest BCUT2D eigenvalue weighted by Gasteiger charge is 1.80. The van der Waals surface area contributed by atoms with E-state index in [4.69, 9.17) is 0 Å². The van der Waals surface area contributed by atoms with Crippen LogP contribution in [0.5, 0.6) is 0 Å². The molecule has 0 radical (unpaired) electrons. The quantitative estimate of drug-likeness (QED) is 0.505. The predicted octanol–water partition coefficient (Wildman–Crippen LogP) is 1.71. The van der Waals surface area contributed by atoms with E-state index in [2.05, 4.69) is 6.58 Å². The lowest BCUT2D eigenvalue weighted by atomic mass is 10.3. The van der Waals surface area contributed by atoms with Crippen LogP contribution in [-0.4, -0.2) is 5.78 Å². The van der Waals surface area contributed by atoms with Gasteiger partial charge in [0.15, 0.2) is 5.78 Å². The van der Waals surface area contributed by atoms with Gasteiger partial charge >= 0.3 is 0 Å². The van der Waals surface area contributed by atoms with Gasteiger partial charge in [0.25, 0.3) is 0 Å². The lowest BCUT2D eigenvalue weighted by molar-refractivity contribution is -0.110. The van der Waals surface area contributed by atoms with Crippen molar-refractivity contribution in [3.63, 3.8) is 0 Å². The zero-order chi connectivity index (χ0) is 6.41. The van der Waals surface area contributed by atoms with Gasteiger partial charge in [-0.2, -0.15) is 0 Å². The van der Waals surface area contributed by atoms with E-state index in [9.17, 15) is 4.79 Å². The summed E-state index contributed by atoms with van der Waals surface area (Å²) in [5, 5.41) is 0. The van der Waals surface area contributed by atoms with Crippen LogP contribution in [0.4, 0.5) is 0 Å². The molecule has 0 N–H and O–H groups in total. The Morgan fingerprint density at radius 1 is 1.75 bits per heavy atom. The van der Waals surface area contributed by atoms with Gasteiger partial charge in [0.05, 0.1) is 0 Å². The highest BCUT2D eigenvalue weighted by atomic mass is 16.1. The SMILES string of the molecule is C=CC(=O)/C=C/CC. The molecule has 0 heterocycles. The van der Waals surface area contributed by atoms with Crippen LogP contribution in [0.3, 0.4) is 0 Å². The molecule has 1 heteroatoms. The summed E-state index contributed by atoms with van der Waals surface area (Å²) in [4.78, 5) is 10.4. The van der Waals surface area contributed by atoms with E-state index in [-0.39, 0.29) is 5.78 Å². The number of carbonyl (C=O) groups is 1. The van der Waals surface area contributed by atoms with E-state index in [0.717, 1.165) is 6.42 Å². The van der Waals surface area contributed by atoms with E-state index in [1.807, 2.05) is 13.0 Å². The lowest BCUT2D eigenvalue weighted by Crippen LogP contribution is -1.80. The van der Waals surface area contributed by atoms with Crippen molar-refractivity contribution in [1.29, 1.82) is 0 Å². The van der Waals surface area contributed by atoms with Crippen molar-refractivity contribution in [3.05, 3.63) is 24.8 Å². The number of hydrogen-bond acceptors (Lipinski definition) is 1. The lowest BCUT2D eigenvalue weighted by Gasteiger charge is -1.76. The summed E-state index contributed by atoms with van der Waals surface area (Å²) < 4.78 is 0. The molecule has 0 aliphatic carbocycles. The van der Waals surface area contributed by atoms with Crippen LogP contribution in [-0.2, 0) is 4.79 Å². The van der Waals surface area contributed by atoms with Gasteiger partial charge < -0.3 is 0 Å². The molecule has 44 valence electrons. The average molecular weight is 110 g/mol. The van der Waals surface area contributed by atoms with Gasteiger partial charge in [0, 0.05) is 0 Å². The van der Waals surface area contributed by atoms with E-state index in [1.54, 1.807) is 0 Å². The Labute approximate surface area is 49.7 Å². The molecule has 0 aliphatic rings. The third kappa shape index (κ3) is 3.34. The van der Waals surface area contributed by atoms with Crippen molar-refractivity contribution < 1.29 is 4.79 Å². The second kappa shape index (κ2) is 4.31. The third-order valence-electron chi connectivity index (χ3n) is 0.719. The summed E-state index contributed by atoms with van der Waals surface area (Å²) in [6.45, 7) is 5.29. The fourth-order valence-electron chi connectivity index (χ4n) is 0.302. The van der Waals surface area contributed by atoms with Crippen molar-refractivity contribution in [3.8, 4) is 0 Å². The van der Waals surface area contributed by atoms with Crippen molar-refractivity contribution in [1.82, 2.24) is 0 Å². The summed E-state index contributed by atoms with van der Waals surface area (Å²) in [6, 6.07) is 0. The van der Waals surface area contributed by atoms with E-state index in [1.165, 1.54) is 12.2 Å². The molecule has 0 unspecified atom stereocenters. The first-order chi connectivity index (χ1) is 3.81. The highest BCUT2D eigenvalue weighted by Crippen LogP contribution is 1.80. The molecular formula is C7H10O. The first-order valence-corrected chi connectivity index (χ1v) is 2.64. The second-order valence-corrected chi connectivity index (χ2v) is 1.42. The number of carbonyl (C=O) groups excluding carboxylic acids is 1. The first-order valence-electron chi connectivity index (χ1n) is 2.64. The molecule has 0 aliphatic heterocycles. The normalized spacial score (nSPS) is 9.62. The van der Waals surface area contributed by atoms with Gasteiger partial charge in [0.1, 0.15) is 0 Å². The third-order valence-corrected chi connectivity index (χ3v) is 0.719. The fraction of sp³-hybridized carbons (Fsp3) is 0.286. The first kappa shape index (κ1) is 7.15. The molecule has 0 aromatic carbocycles. The van der Waals surface area contributed by atoms with Crippen LogP contribution in [0.1, 0.15) is 13.3 Å². The van der Waals surface area contributed by atoms with Crippen LogP contribution < -0.4 is 0 Å². The number of rotatable bonds is 3. The Morgan fingerprint density at radius 2 is 2.38 bits per heavy atom. The Bertz CT molecular complexity index is 112. The molecule has 0 atom stereocenters. The molecule has 0 aromatic heterocycles. The molecule has 0 rings (SSSR count). The molecule has 0 fully saturated rings. The smallest absolute Gasteiger partial charge is 0.177 e. The largest absolute Gasteiger partial charge is 0.290 e. The standard InChI is InChI=1S/C7H10O/c1-3-5-6-7(8)4-2/h4-6H,2-3H2,1H3/b6-5+. The minimum Gasteiger partial charge on any atom is -0.290 e. The Morgan fingerprint density at radius 3 is 2.75 bits per heavy atom. The molecule has 0 bridgehead atoms. The maximum atomic E-state index is 10.4. The topological polar surface area (TPSA) is 17.1 Å². The number of ketones is 1. The van der Waals surface area contributed by atoms with Crippen LogP contribution in [0, 0.1) is 0 Å². The zero-order valence-corrected chi connectivity index (χ0v) is 5.05. The Kier molecular flexibility index (Phi) is 3.85. The van der Waals surface area contributed by atoms with Gasteiger partial charge in [-0.1, -0.05) is 19.6 Å². The summed E-state index contributed by atoms with van der Waals surface area (Å²) >= 11 is 0. The average Bonchev–Trinajstić information content (AvgIpc) is 1.83. The van der Waals surface area contributed by atoms with E-state index >= 15 is 0 Å². The summed E-state index contributed by atoms with van der Waals surface area (Å²) in [7, 11) is 0. The van der Waals surface area contributed by atoms with E-state index < -0.39 is 0 Å². The monoisotopic (exact) mass is 110 g/mol. The molecule has 8 heavy (non-hydrogen) atoms. The summed E-state index contributed by atoms with van der Waals surface area (Å²) in [6.07, 6.45) is 5.53. The van der Waals surface area contributed by atoms with Crippen LogP contribution in [0.2, 0.25) is 0 Å². The molecule has 0 amide bonds. The number of hydrogen-bond donors (Lipinski definition) is 0. The van der Waals surface area contributed by atoms with Crippen molar-refractivity contribution in [2.45, 2.75) is 13.3 Å². The Balaban J connectivity index is 3.52. The molecule has 1 nitrogen and oxygen atoms in total. The zero-order valence-electron chi connectivity index (χ0n) is 5.05. The van der Waals surface area contributed by atoms with Gasteiger partial charge in [-0.3, -0.25) is 4.79 Å². The van der Waals surface area contributed by atoms with Crippen LogP contribution in [0.15, 0.2) is 24.8 Å². The van der Waals surface area contributed by atoms with Gasteiger partial charge in [0.2, 0.25) is 0 Å². The van der Waals surface area contributed by atoms with Crippen molar-refractivity contribution >= 4 is 5.78 Å². The molecule has 0 spiro atoms. The van der Waals surface area contributed by atoms with Crippen molar-refractivity contribution in [2.24, 2.45) is 0 Å². The van der Waals surface area contributed by atoms with Gasteiger partial charge in [-0.05, 0) is 18.6 Å². The van der Waals surface area contributed by atoms with Crippen LogP contribution >= 0.6 is 0 Å². The Hall–Kier alpha value is -0.850. The van der Waals surface area contributed by atoms with Gasteiger partial charge in [-0.25, -0.2) is 0 Å². The van der Waals surface area contributed by atoms with E-state index in [0.29, 0.717) is 0 Å². The predicted molar refractivity (Wildman–Crippen MR) is 34.6 cm³/mol. The number of allylic oxidation sites excluding steroid dienone is 3. The minimum atomic E-state index is -0.0214.